The lowest BCUT2D eigenvalue weighted by atomic mass is 10.0. The third-order valence-electron chi connectivity index (χ3n) is 2.30. The summed E-state index contributed by atoms with van der Waals surface area (Å²) in [6, 6.07) is 12.4. The molecule has 2 aromatic rings. The Labute approximate surface area is 112 Å². The van der Waals surface area contributed by atoms with Gasteiger partial charge < -0.3 is 5.11 Å². The molecule has 0 radical (unpaired) electrons. The highest BCUT2D eigenvalue weighted by Gasteiger charge is 2.07. The van der Waals surface area contributed by atoms with Crippen molar-refractivity contribution in [1.82, 2.24) is 0 Å². The van der Waals surface area contributed by atoms with Gasteiger partial charge in [0, 0.05) is 9.50 Å². The summed E-state index contributed by atoms with van der Waals surface area (Å²) in [4.78, 5) is 10.9. The standard InChI is InChI=1S/C13H8BrClO2/c14-11-3-1-2-8(5-11)9-4-10(13(16)17)7-12(15)6-9/h1-7H,(H,16,17). The number of hydrogen-bond donors (Lipinski definition) is 1. The van der Waals surface area contributed by atoms with E-state index in [0.717, 1.165) is 15.6 Å². The van der Waals surface area contributed by atoms with E-state index in [-0.39, 0.29) is 5.56 Å². The topological polar surface area (TPSA) is 37.3 Å². The summed E-state index contributed by atoms with van der Waals surface area (Å²) in [7, 11) is 0. The molecule has 0 fully saturated rings. The van der Waals surface area contributed by atoms with Gasteiger partial charge in [-0.25, -0.2) is 4.79 Å². The van der Waals surface area contributed by atoms with Crippen LogP contribution in [0.3, 0.4) is 0 Å². The Bertz CT molecular complexity index is 581. The van der Waals surface area contributed by atoms with Gasteiger partial charge in [0.1, 0.15) is 0 Å². The van der Waals surface area contributed by atoms with Crippen LogP contribution in [0.1, 0.15) is 10.4 Å². The number of halogens is 2. The first kappa shape index (κ1) is 12.1. The van der Waals surface area contributed by atoms with Crippen LogP contribution in [0.4, 0.5) is 0 Å². The maximum atomic E-state index is 10.9. The number of rotatable bonds is 2. The third-order valence-corrected chi connectivity index (χ3v) is 3.01. The molecule has 0 atom stereocenters. The van der Waals surface area contributed by atoms with Crippen molar-refractivity contribution in [3.63, 3.8) is 0 Å². The second-order valence-corrected chi connectivity index (χ2v) is 4.90. The van der Waals surface area contributed by atoms with Crippen molar-refractivity contribution in [3.8, 4) is 11.1 Å². The van der Waals surface area contributed by atoms with E-state index >= 15 is 0 Å². The van der Waals surface area contributed by atoms with Crippen molar-refractivity contribution < 1.29 is 9.90 Å². The molecular formula is C13H8BrClO2. The lowest BCUT2D eigenvalue weighted by Crippen LogP contribution is -1.96. The maximum Gasteiger partial charge on any atom is 0.335 e. The minimum absolute atomic E-state index is 0.187. The van der Waals surface area contributed by atoms with Gasteiger partial charge in [0.05, 0.1) is 5.56 Å². The smallest absolute Gasteiger partial charge is 0.335 e. The van der Waals surface area contributed by atoms with Crippen molar-refractivity contribution in [2.75, 3.05) is 0 Å². The Balaban J connectivity index is 2.56. The molecule has 1 N–H and O–H groups in total. The molecule has 0 aliphatic carbocycles. The molecular weight excluding hydrogens is 303 g/mol. The highest BCUT2D eigenvalue weighted by atomic mass is 79.9. The van der Waals surface area contributed by atoms with Crippen LogP contribution < -0.4 is 0 Å². The number of benzene rings is 2. The zero-order chi connectivity index (χ0) is 12.4. The summed E-state index contributed by atoms with van der Waals surface area (Å²) in [6.45, 7) is 0. The van der Waals surface area contributed by atoms with Gasteiger partial charge in [-0.15, -0.1) is 0 Å². The molecule has 2 rings (SSSR count). The van der Waals surface area contributed by atoms with Crippen LogP contribution >= 0.6 is 27.5 Å². The summed E-state index contributed by atoms with van der Waals surface area (Å²) < 4.78 is 0.937. The molecule has 0 saturated carbocycles. The number of aromatic carboxylic acids is 1. The largest absolute Gasteiger partial charge is 0.478 e. The van der Waals surface area contributed by atoms with Crippen molar-refractivity contribution in [2.45, 2.75) is 0 Å². The highest BCUT2D eigenvalue weighted by molar-refractivity contribution is 9.10. The fourth-order valence-electron chi connectivity index (χ4n) is 1.55. The van der Waals surface area contributed by atoms with E-state index in [9.17, 15) is 4.79 Å². The van der Waals surface area contributed by atoms with E-state index in [0.29, 0.717) is 5.02 Å². The van der Waals surface area contributed by atoms with Gasteiger partial charge in [-0.05, 0) is 41.5 Å². The first-order valence-electron chi connectivity index (χ1n) is 4.86. The molecule has 86 valence electrons. The van der Waals surface area contributed by atoms with Gasteiger partial charge in [0.25, 0.3) is 0 Å². The Kier molecular flexibility index (Phi) is 3.50. The second-order valence-electron chi connectivity index (χ2n) is 3.54. The van der Waals surface area contributed by atoms with E-state index in [4.69, 9.17) is 16.7 Å². The Hall–Kier alpha value is -1.32. The molecule has 2 nitrogen and oxygen atoms in total. The Morgan fingerprint density at radius 1 is 1.12 bits per heavy atom. The van der Waals surface area contributed by atoms with Crippen molar-refractivity contribution in [1.29, 1.82) is 0 Å². The molecule has 0 bridgehead atoms. The molecule has 0 aromatic heterocycles. The van der Waals surface area contributed by atoms with Crippen LogP contribution in [-0.2, 0) is 0 Å². The minimum atomic E-state index is -0.983. The molecule has 17 heavy (non-hydrogen) atoms. The summed E-state index contributed by atoms with van der Waals surface area (Å²) in [5, 5.41) is 9.38. The van der Waals surface area contributed by atoms with E-state index < -0.39 is 5.97 Å². The van der Waals surface area contributed by atoms with Gasteiger partial charge in [-0.2, -0.15) is 0 Å². The molecule has 0 amide bonds. The van der Waals surface area contributed by atoms with E-state index in [2.05, 4.69) is 15.9 Å². The number of carboxylic acids is 1. The zero-order valence-corrected chi connectivity index (χ0v) is 11.0. The van der Waals surface area contributed by atoms with E-state index in [1.54, 1.807) is 12.1 Å². The van der Waals surface area contributed by atoms with Crippen molar-refractivity contribution in [2.24, 2.45) is 0 Å². The second kappa shape index (κ2) is 4.90. The molecule has 4 heteroatoms. The van der Waals surface area contributed by atoms with Gasteiger partial charge in [0.15, 0.2) is 0 Å². The van der Waals surface area contributed by atoms with E-state index in [1.165, 1.54) is 6.07 Å². The number of carboxylic acid groups (broad SMARTS) is 1. The van der Waals surface area contributed by atoms with Crippen molar-refractivity contribution in [3.05, 3.63) is 57.5 Å². The molecule has 0 saturated heterocycles. The van der Waals surface area contributed by atoms with Crippen LogP contribution in [-0.4, -0.2) is 11.1 Å². The van der Waals surface area contributed by atoms with Crippen LogP contribution in [0.2, 0.25) is 5.02 Å². The van der Waals surface area contributed by atoms with Crippen LogP contribution in [0.25, 0.3) is 11.1 Å². The van der Waals surface area contributed by atoms with Crippen molar-refractivity contribution >= 4 is 33.5 Å². The predicted molar refractivity (Wildman–Crippen MR) is 71.5 cm³/mol. The normalized spacial score (nSPS) is 10.2. The maximum absolute atomic E-state index is 10.9. The molecule has 0 aliphatic heterocycles. The molecule has 0 spiro atoms. The summed E-state index contributed by atoms with van der Waals surface area (Å²) in [5.41, 5.74) is 1.90. The third kappa shape index (κ3) is 2.87. The summed E-state index contributed by atoms with van der Waals surface area (Å²) in [6.07, 6.45) is 0. The van der Waals surface area contributed by atoms with Crippen LogP contribution in [0.5, 0.6) is 0 Å². The zero-order valence-electron chi connectivity index (χ0n) is 8.65. The average Bonchev–Trinajstić information content (AvgIpc) is 2.28. The van der Waals surface area contributed by atoms with Gasteiger partial charge in [0.2, 0.25) is 0 Å². The first-order chi connectivity index (χ1) is 8.06. The van der Waals surface area contributed by atoms with Gasteiger partial charge in [-0.3, -0.25) is 0 Å². The summed E-state index contributed by atoms with van der Waals surface area (Å²) >= 11 is 9.28. The van der Waals surface area contributed by atoms with Gasteiger partial charge in [-0.1, -0.05) is 39.7 Å². The van der Waals surface area contributed by atoms with Gasteiger partial charge >= 0.3 is 5.97 Å². The molecule has 0 heterocycles. The lowest BCUT2D eigenvalue weighted by molar-refractivity contribution is 0.0697. The molecule has 2 aromatic carbocycles. The monoisotopic (exact) mass is 310 g/mol. The average molecular weight is 312 g/mol. The SMILES string of the molecule is O=C(O)c1cc(Cl)cc(-c2cccc(Br)c2)c1. The number of carbonyl (C=O) groups is 1. The van der Waals surface area contributed by atoms with E-state index in [1.807, 2.05) is 24.3 Å². The highest BCUT2D eigenvalue weighted by Crippen LogP contribution is 2.27. The summed E-state index contributed by atoms with van der Waals surface area (Å²) in [5.74, 6) is -0.983. The molecule has 0 unspecified atom stereocenters. The van der Waals surface area contributed by atoms with Crippen LogP contribution in [0.15, 0.2) is 46.9 Å². The quantitative estimate of drug-likeness (QED) is 0.888. The minimum Gasteiger partial charge on any atom is -0.478 e. The van der Waals surface area contributed by atoms with Crippen LogP contribution in [0, 0.1) is 0 Å². The fourth-order valence-corrected chi connectivity index (χ4v) is 2.18. The Morgan fingerprint density at radius 2 is 1.88 bits per heavy atom. The fraction of sp³-hybridized carbons (Fsp3) is 0. The lowest BCUT2D eigenvalue weighted by Gasteiger charge is -2.05. The molecule has 0 aliphatic rings. The predicted octanol–water partition coefficient (Wildman–Crippen LogP) is 4.47. The number of hydrogen-bond acceptors (Lipinski definition) is 1. The first-order valence-corrected chi connectivity index (χ1v) is 6.03. The Morgan fingerprint density at radius 3 is 2.53 bits per heavy atom.